The smallest absolute Gasteiger partial charge is 0.299 e. The van der Waals surface area contributed by atoms with Crippen LogP contribution in [0, 0.1) is 21.3 Å². The molecule has 0 aliphatic heterocycles. The minimum absolute atomic E-state index is 0. The first-order valence-corrected chi connectivity index (χ1v) is 11.8. The van der Waals surface area contributed by atoms with Gasteiger partial charge in [-0.15, -0.1) is 0 Å². The van der Waals surface area contributed by atoms with E-state index in [2.05, 4.69) is 46.5 Å². The molecule has 0 aromatic carbocycles. The van der Waals surface area contributed by atoms with Gasteiger partial charge in [0.15, 0.2) is 5.49 Å². The molecule has 0 spiro atoms. The molecule has 1 rings (SSSR count). The van der Waals surface area contributed by atoms with E-state index in [0.717, 1.165) is 24.2 Å². The van der Waals surface area contributed by atoms with Crippen LogP contribution in [0.15, 0.2) is 18.2 Å². The Bertz CT molecular complexity index is 594. The number of pyridine rings is 1. The number of aromatic nitrogens is 1. The molecule has 1 atom stereocenters. The van der Waals surface area contributed by atoms with E-state index in [1.807, 2.05) is 32.0 Å². The van der Waals surface area contributed by atoms with Crippen LogP contribution in [-0.2, 0) is 30.5 Å². The molecule has 158 valence electrons. The number of aryl methyl sites for hydroxylation is 2. The van der Waals surface area contributed by atoms with Crippen molar-refractivity contribution in [3.8, 4) is 0 Å². The second-order valence-electron chi connectivity index (χ2n) is 7.64. The zero-order valence-electron chi connectivity index (χ0n) is 17.8. The van der Waals surface area contributed by atoms with Gasteiger partial charge in [-0.1, -0.05) is 19.9 Å². The maximum atomic E-state index is 11.1. The first kappa shape index (κ1) is 30.9. The topological polar surface area (TPSA) is 67.3 Å². The van der Waals surface area contributed by atoms with Crippen LogP contribution in [0.4, 0.5) is 0 Å². The van der Waals surface area contributed by atoms with Crippen LogP contribution in [0.25, 0.3) is 0 Å². The quantitative estimate of drug-likeness (QED) is 0.250. The molecular weight excluding hydrogens is 460 g/mol. The van der Waals surface area contributed by atoms with E-state index in [1.165, 1.54) is 0 Å². The minimum atomic E-state index is -3.86. The van der Waals surface area contributed by atoms with Crippen LogP contribution in [0.1, 0.15) is 65.8 Å². The summed E-state index contributed by atoms with van der Waals surface area (Å²) in [5, 5.41) is 0.0277. The number of rotatable bonds is 5. The molecule has 26 heavy (non-hydrogen) atoms. The Morgan fingerprint density at radius 1 is 1.04 bits per heavy atom. The summed E-state index contributed by atoms with van der Waals surface area (Å²) >= 11 is 0. The van der Waals surface area contributed by atoms with Crippen molar-refractivity contribution in [3.05, 3.63) is 37.0 Å². The third-order valence-electron chi connectivity index (χ3n) is 4.55. The molecule has 0 radical (unpaired) electrons. The molecule has 0 aliphatic carbocycles. The van der Waals surface area contributed by atoms with Gasteiger partial charge in [0.2, 0.25) is 0 Å². The van der Waals surface area contributed by atoms with Gasteiger partial charge >= 0.3 is 0 Å². The molecule has 0 bridgehead atoms. The van der Waals surface area contributed by atoms with Crippen LogP contribution in [-0.4, -0.2) is 33.8 Å². The van der Waals surface area contributed by atoms with Crippen molar-refractivity contribution in [2.24, 2.45) is 0 Å². The molecule has 1 aromatic rings. The van der Waals surface area contributed by atoms with Crippen molar-refractivity contribution >= 4 is 18.0 Å². The molecule has 1 unspecified atom stereocenters. The molecule has 0 amide bonds. The Balaban J connectivity index is -0.000000447. The zero-order valence-corrected chi connectivity index (χ0v) is 21.2. The number of hydrogen-bond acceptors (Lipinski definition) is 3. The van der Waals surface area contributed by atoms with Gasteiger partial charge in [0, 0.05) is 39.7 Å². The SMILES string of the molecule is CCC(C)(CC)[PH+](CS(=O)(=O)O)C(C)(C)C.Cc1cccc(C)n1.[CH3-].[Pd]. The van der Waals surface area contributed by atoms with Gasteiger partial charge in [-0.3, -0.25) is 9.54 Å². The molecule has 1 aromatic heterocycles. The summed E-state index contributed by atoms with van der Waals surface area (Å²) in [6.07, 6.45) is 1.93. The van der Waals surface area contributed by atoms with Crippen LogP contribution >= 0.6 is 7.92 Å². The normalized spacial score (nSPS) is 12.8. The van der Waals surface area contributed by atoms with E-state index in [9.17, 15) is 8.42 Å². The number of nitrogens with zero attached hydrogens (tertiary/aromatic N) is 1. The summed E-state index contributed by atoms with van der Waals surface area (Å²) in [4.78, 5) is 4.17. The van der Waals surface area contributed by atoms with Crippen molar-refractivity contribution in [2.45, 2.75) is 78.5 Å². The van der Waals surface area contributed by atoms with Gasteiger partial charge in [0.1, 0.15) is 0 Å². The maximum absolute atomic E-state index is 11.1. The first-order valence-electron chi connectivity index (χ1n) is 8.47. The maximum Gasteiger partial charge on any atom is 0.299 e. The monoisotopic (exact) mass is 497 g/mol. The van der Waals surface area contributed by atoms with Crippen LogP contribution < -0.4 is 0 Å². The second kappa shape index (κ2) is 12.6. The van der Waals surface area contributed by atoms with E-state index < -0.39 is 18.0 Å². The van der Waals surface area contributed by atoms with Gasteiger partial charge < -0.3 is 7.43 Å². The van der Waals surface area contributed by atoms with E-state index in [4.69, 9.17) is 4.55 Å². The van der Waals surface area contributed by atoms with Crippen molar-refractivity contribution in [1.82, 2.24) is 4.98 Å². The van der Waals surface area contributed by atoms with Gasteiger partial charge in [-0.25, -0.2) is 0 Å². The standard InChI is InChI=1S/C11H25O3PS.C7H9N.CH3.Pd/c1-7-11(6,8-2)15(10(3,4)5)9-16(12,13)14;1-6-4-3-5-7(2)8-6;;/h7-9H2,1-6H3,(H,12,13,14);3-5H,1-2H3;1H3;/q;;-1;/p+1. The predicted molar refractivity (Wildman–Crippen MR) is 114 cm³/mol. The van der Waals surface area contributed by atoms with Crippen molar-refractivity contribution < 1.29 is 33.4 Å². The summed E-state index contributed by atoms with van der Waals surface area (Å²) in [7, 11) is -5.06. The van der Waals surface area contributed by atoms with E-state index in [-0.39, 0.29) is 43.7 Å². The summed E-state index contributed by atoms with van der Waals surface area (Å²) < 4.78 is 31.4. The van der Waals surface area contributed by atoms with E-state index in [1.54, 1.807) is 0 Å². The molecule has 0 aliphatic rings. The summed E-state index contributed by atoms with van der Waals surface area (Å²) in [6.45, 7) is 16.6. The van der Waals surface area contributed by atoms with Crippen molar-refractivity contribution in [1.29, 1.82) is 0 Å². The fraction of sp³-hybridized carbons (Fsp3) is 0.684. The molecular formula is C19H38NO3PPdS. The van der Waals surface area contributed by atoms with Crippen molar-refractivity contribution in [2.75, 3.05) is 5.49 Å². The third kappa shape index (κ3) is 11.8. The average Bonchev–Trinajstić information content (AvgIpc) is 2.42. The first-order chi connectivity index (χ1) is 10.7. The Labute approximate surface area is 177 Å². The average molecular weight is 498 g/mol. The molecule has 1 heterocycles. The van der Waals surface area contributed by atoms with Crippen molar-refractivity contribution in [3.63, 3.8) is 0 Å². The Morgan fingerprint density at radius 2 is 1.42 bits per heavy atom. The van der Waals surface area contributed by atoms with Gasteiger partial charge in [-0.2, -0.15) is 8.42 Å². The largest absolute Gasteiger partial charge is 0.358 e. The van der Waals surface area contributed by atoms with E-state index >= 15 is 0 Å². The van der Waals surface area contributed by atoms with Gasteiger partial charge in [0.25, 0.3) is 10.1 Å². The third-order valence-corrected chi connectivity index (χ3v) is 11.1. The molecule has 0 saturated carbocycles. The van der Waals surface area contributed by atoms with Gasteiger partial charge in [-0.05, 0) is 66.5 Å². The molecule has 7 heteroatoms. The zero-order chi connectivity index (χ0) is 19.2. The van der Waals surface area contributed by atoms with Crippen LogP contribution in [0.2, 0.25) is 0 Å². The van der Waals surface area contributed by atoms with E-state index in [0.29, 0.717) is 0 Å². The summed E-state index contributed by atoms with van der Waals surface area (Å²) in [6, 6.07) is 6.00. The fourth-order valence-electron chi connectivity index (χ4n) is 2.83. The Morgan fingerprint density at radius 3 is 1.62 bits per heavy atom. The van der Waals surface area contributed by atoms with Gasteiger partial charge in [0.05, 0.1) is 10.3 Å². The molecule has 4 nitrogen and oxygen atoms in total. The summed E-state index contributed by atoms with van der Waals surface area (Å²) in [5.74, 6) is 0. The summed E-state index contributed by atoms with van der Waals surface area (Å²) in [5.41, 5.74) is 2.13. The molecule has 1 N–H and O–H groups in total. The fourth-order valence-corrected chi connectivity index (χ4v) is 10.1. The predicted octanol–water partition coefficient (Wildman–Crippen LogP) is 5.57. The molecule has 0 fully saturated rings. The minimum Gasteiger partial charge on any atom is -0.358 e. The molecule has 0 saturated heterocycles. The van der Waals surface area contributed by atoms with Crippen LogP contribution in [0.5, 0.6) is 0 Å². The number of hydrogen-bond donors (Lipinski definition) is 1. The Hall–Kier alpha value is 0.152. The van der Waals surface area contributed by atoms with Crippen LogP contribution in [0.3, 0.4) is 0 Å². The Kier molecular flexibility index (Phi) is 14.9. The second-order valence-corrected chi connectivity index (χ2v) is 13.6.